The summed E-state index contributed by atoms with van der Waals surface area (Å²) in [6, 6.07) is 6.14. The lowest BCUT2D eigenvalue weighted by Gasteiger charge is -2.13. The molecule has 0 aromatic heterocycles. The summed E-state index contributed by atoms with van der Waals surface area (Å²) in [6.45, 7) is 7.03. The Morgan fingerprint density at radius 2 is 2.11 bits per heavy atom. The van der Waals surface area contributed by atoms with Crippen LogP contribution in [0.15, 0.2) is 18.2 Å². The van der Waals surface area contributed by atoms with Gasteiger partial charge in [0.2, 0.25) is 0 Å². The van der Waals surface area contributed by atoms with Crippen molar-refractivity contribution in [3.8, 4) is 5.75 Å². The molecule has 0 aliphatic carbocycles. The van der Waals surface area contributed by atoms with Crippen molar-refractivity contribution in [3.05, 3.63) is 29.3 Å². The number of benzene rings is 1. The first-order chi connectivity index (χ1) is 9.08. The fourth-order valence-electron chi connectivity index (χ4n) is 1.88. The summed E-state index contributed by atoms with van der Waals surface area (Å²) in [5.74, 6) is 1.32. The molecule has 4 heteroatoms. The van der Waals surface area contributed by atoms with Gasteiger partial charge in [0.15, 0.2) is 0 Å². The van der Waals surface area contributed by atoms with Crippen LogP contribution in [0.2, 0.25) is 0 Å². The van der Waals surface area contributed by atoms with Gasteiger partial charge in [-0.2, -0.15) is 0 Å². The van der Waals surface area contributed by atoms with E-state index in [4.69, 9.17) is 9.47 Å². The molecule has 0 fully saturated rings. The molecule has 4 nitrogen and oxygen atoms in total. The van der Waals surface area contributed by atoms with Gasteiger partial charge in [-0.05, 0) is 36.5 Å². The van der Waals surface area contributed by atoms with E-state index in [1.807, 2.05) is 12.1 Å². The molecule has 1 rings (SSSR count). The molecule has 0 bridgehead atoms. The van der Waals surface area contributed by atoms with Crippen molar-refractivity contribution < 1.29 is 14.3 Å². The maximum absolute atomic E-state index is 11.2. The van der Waals surface area contributed by atoms with E-state index in [0.29, 0.717) is 19.1 Å². The maximum atomic E-state index is 11.2. The van der Waals surface area contributed by atoms with Crippen LogP contribution in [0, 0.1) is 0 Å². The van der Waals surface area contributed by atoms with Crippen LogP contribution in [-0.2, 0) is 11.2 Å². The second-order valence-corrected chi connectivity index (χ2v) is 4.63. The van der Waals surface area contributed by atoms with Gasteiger partial charge >= 0.3 is 6.09 Å². The minimum Gasteiger partial charge on any atom is -0.496 e. The van der Waals surface area contributed by atoms with Crippen molar-refractivity contribution in [3.63, 3.8) is 0 Å². The molecular formula is C15H23NO3. The summed E-state index contributed by atoms with van der Waals surface area (Å²) in [4.78, 5) is 11.2. The van der Waals surface area contributed by atoms with Crippen molar-refractivity contribution in [2.45, 2.75) is 33.1 Å². The smallest absolute Gasteiger partial charge is 0.407 e. The zero-order valence-electron chi connectivity index (χ0n) is 12.2. The normalized spacial score (nSPS) is 10.4. The second-order valence-electron chi connectivity index (χ2n) is 4.63. The number of alkyl carbamates (subject to hydrolysis) is 1. The average Bonchev–Trinajstić information content (AvgIpc) is 2.38. The number of nitrogens with one attached hydrogen (secondary N) is 1. The number of carbonyl (C=O) groups excluding carboxylic acids is 1. The third-order valence-corrected chi connectivity index (χ3v) is 2.87. The zero-order valence-corrected chi connectivity index (χ0v) is 12.2. The summed E-state index contributed by atoms with van der Waals surface area (Å²) in [7, 11) is 1.68. The predicted octanol–water partition coefficient (Wildman–Crippen LogP) is 3.11. The van der Waals surface area contributed by atoms with Crippen molar-refractivity contribution in [1.82, 2.24) is 5.32 Å². The van der Waals surface area contributed by atoms with Gasteiger partial charge < -0.3 is 14.8 Å². The van der Waals surface area contributed by atoms with Gasteiger partial charge in [0.1, 0.15) is 5.75 Å². The molecule has 0 saturated carbocycles. The summed E-state index contributed by atoms with van der Waals surface area (Å²) in [5, 5.41) is 2.72. The Labute approximate surface area is 115 Å². The van der Waals surface area contributed by atoms with E-state index in [0.717, 1.165) is 12.2 Å². The SMILES string of the molecule is CCOC(=O)NCCc1ccc(OC)c(C(C)C)c1. The highest BCUT2D eigenvalue weighted by molar-refractivity contribution is 5.67. The lowest BCUT2D eigenvalue weighted by Crippen LogP contribution is -2.26. The Balaban J connectivity index is 2.59. The molecule has 19 heavy (non-hydrogen) atoms. The highest BCUT2D eigenvalue weighted by Gasteiger charge is 2.08. The molecule has 0 aliphatic heterocycles. The summed E-state index contributed by atoms with van der Waals surface area (Å²) < 4.78 is 10.2. The monoisotopic (exact) mass is 265 g/mol. The van der Waals surface area contributed by atoms with E-state index < -0.39 is 0 Å². The molecular weight excluding hydrogens is 242 g/mol. The van der Waals surface area contributed by atoms with Gasteiger partial charge in [-0.3, -0.25) is 0 Å². The first-order valence-electron chi connectivity index (χ1n) is 6.65. The topological polar surface area (TPSA) is 47.6 Å². The van der Waals surface area contributed by atoms with Crippen molar-refractivity contribution >= 4 is 6.09 Å². The van der Waals surface area contributed by atoms with Crippen molar-refractivity contribution in [2.75, 3.05) is 20.3 Å². The van der Waals surface area contributed by atoms with Gasteiger partial charge in [-0.15, -0.1) is 0 Å². The fraction of sp³-hybridized carbons (Fsp3) is 0.533. The first kappa shape index (κ1) is 15.3. The molecule has 0 radical (unpaired) electrons. The Kier molecular flexibility index (Phi) is 6.19. The van der Waals surface area contributed by atoms with Crippen LogP contribution in [-0.4, -0.2) is 26.4 Å². The Morgan fingerprint density at radius 3 is 2.68 bits per heavy atom. The van der Waals surface area contributed by atoms with Gasteiger partial charge in [0.25, 0.3) is 0 Å². The lowest BCUT2D eigenvalue weighted by atomic mass is 9.98. The van der Waals surface area contributed by atoms with Crippen LogP contribution in [0.3, 0.4) is 0 Å². The molecule has 0 spiro atoms. The zero-order chi connectivity index (χ0) is 14.3. The average molecular weight is 265 g/mol. The van der Waals surface area contributed by atoms with E-state index in [9.17, 15) is 4.79 Å². The highest BCUT2D eigenvalue weighted by Crippen LogP contribution is 2.27. The molecule has 106 valence electrons. The predicted molar refractivity (Wildman–Crippen MR) is 75.8 cm³/mol. The summed E-state index contributed by atoms with van der Waals surface area (Å²) in [6.07, 6.45) is 0.419. The standard InChI is InChI=1S/C15H23NO3/c1-5-19-15(17)16-9-8-12-6-7-14(18-4)13(10-12)11(2)3/h6-7,10-11H,5,8-9H2,1-4H3,(H,16,17). The third kappa shape index (κ3) is 4.81. The molecule has 1 amide bonds. The number of rotatable bonds is 6. The third-order valence-electron chi connectivity index (χ3n) is 2.87. The van der Waals surface area contributed by atoms with Crippen LogP contribution < -0.4 is 10.1 Å². The quantitative estimate of drug-likeness (QED) is 0.859. The van der Waals surface area contributed by atoms with E-state index >= 15 is 0 Å². The molecule has 0 heterocycles. The van der Waals surface area contributed by atoms with E-state index in [-0.39, 0.29) is 6.09 Å². The van der Waals surface area contributed by atoms with E-state index in [1.54, 1.807) is 14.0 Å². The number of amides is 1. The highest BCUT2D eigenvalue weighted by atomic mass is 16.5. The molecule has 1 N–H and O–H groups in total. The van der Waals surface area contributed by atoms with Crippen LogP contribution in [0.1, 0.15) is 37.8 Å². The fourth-order valence-corrected chi connectivity index (χ4v) is 1.88. The van der Waals surface area contributed by atoms with Crippen LogP contribution in [0.25, 0.3) is 0 Å². The van der Waals surface area contributed by atoms with Gasteiger partial charge in [0.05, 0.1) is 13.7 Å². The van der Waals surface area contributed by atoms with E-state index in [2.05, 4.69) is 25.2 Å². The molecule has 0 saturated heterocycles. The minimum atomic E-state index is -0.361. The van der Waals surface area contributed by atoms with E-state index in [1.165, 1.54) is 11.1 Å². The largest absolute Gasteiger partial charge is 0.496 e. The Bertz CT molecular complexity index is 416. The van der Waals surface area contributed by atoms with Gasteiger partial charge in [0, 0.05) is 6.54 Å². The molecule has 1 aromatic rings. The number of hydrogen-bond acceptors (Lipinski definition) is 3. The molecule has 0 unspecified atom stereocenters. The second kappa shape index (κ2) is 7.67. The molecule has 0 aliphatic rings. The van der Waals surface area contributed by atoms with Crippen molar-refractivity contribution in [2.24, 2.45) is 0 Å². The number of methoxy groups -OCH3 is 1. The lowest BCUT2D eigenvalue weighted by molar-refractivity contribution is 0.152. The summed E-state index contributed by atoms with van der Waals surface area (Å²) in [5.41, 5.74) is 2.37. The maximum Gasteiger partial charge on any atom is 0.407 e. The van der Waals surface area contributed by atoms with Gasteiger partial charge in [-0.1, -0.05) is 26.0 Å². The first-order valence-corrected chi connectivity index (χ1v) is 6.65. The number of ether oxygens (including phenoxy) is 2. The summed E-state index contributed by atoms with van der Waals surface area (Å²) >= 11 is 0. The number of hydrogen-bond donors (Lipinski definition) is 1. The van der Waals surface area contributed by atoms with Crippen LogP contribution >= 0.6 is 0 Å². The van der Waals surface area contributed by atoms with Crippen LogP contribution in [0.4, 0.5) is 4.79 Å². The van der Waals surface area contributed by atoms with Crippen molar-refractivity contribution in [1.29, 1.82) is 0 Å². The van der Waals surface area contributed by atoms with Crippen LogP contribution in [0.5, 0.6) is 5.75 Å². The number of carbonyl (C=O) groups is 1. The molecule has 0 atom stereocenters. The molecule has 1 aromatic carbocycles. The Hall–Kier alpha value is -1.71. The Morgan fingerprint density at radius 1 is 1.37 bits per heavy atom. The van der Waals surface area contributed by atoms with Gasteiger partial charge in [-0.25, -0.2) is 4.79 Å². The minimum absolute atomic E-state index is 0.361.